The molecule has 0 bridgehead atoms. The summed E-state index contributed by atoms with van der Waals surface area (Å²) in [6.07, 6.45) is 2.55. The number of aromatic nitrogens is 1. The van der Waals surface area contributed by atoms with E-state index in [4.69, 9.17) is 0 Å². The minimum absolute atomic E-state index is 0.0636. The molecule has 0 spiro atoms. The standard InChI is InChI=1S/C16H18BrFN2/c1-10-6-11(2)16(20-9-10)15(19-3)8-12-7-13(18)4-5-14(12)17/h4-7,9,15,19H,8H2,1-3H3. The number of nitrogens with one attached hydrogen (secondary N) is 1. The third-order valence-electron chi connectivity index (χ3n) is 3.37. The minimum Gasteiger partial charge on any atom is -0.311 e. The first-order chi connectivity index (χ1) is 9.51. The maximum absolute atomic E-state index is 13.4. The molecule has 0 aliphatic rings. The number of pyridine rings is 1. The van der Waals surface area contributed by atoms with Gasteiger partial charge in [0.05, 0.1) is 11.7 Å². The Morgan fingerprint density at radius 2 is 2.05 bits per heavy atom. The van der Waals surface area contributed by atoms with Gasteiger partial charge in [-0.05, 0) is 62.2 Å². The van der Waals surface area contributed by atoms with Crippen LogP contribution in [0.2, 0.25) is 0 Å². The molecule has 1 unspecified atom stereocenters. The number of hydrogen-bond donors (Lipinski definition) is 1. The quantitative estimate of drug-likeness (QED) is 0.908. The van der Waals surface area contributed by atoms with Crippen LogP contribution >= 0.6 is 15.9 Å². The lowest BCUT2D eigenvalue weighted by atomic mass is 9.99. The molecule has 0 radical (unpaired) electrons. The first-order valence-electron chi connectivity index (χ1n) is 6.55. The second kappa shape index (κ2) is 6.46. The molecule has 4 heteroatoms. The number of benzene rings is 1. The van der Waals surface area contributed by atoms with E-state index >= 15 is 0 Å². The Labute approximate surface area is 127 Å². The SMILES string of the molecule is CNC(Cc1cc(F)ccc1Br)c1ncc(C)cc1C. The zero-order valence-corrected chi connectivity index (χ0v) is 13.5. The number of rotatable bonds is 4. The van der Waals surface area contributed by atoms with Gasteiger partial charge in [0.25, 0.3) is 0 Å². The van der Waals surface area contributed by atoms with E-state index in [0.717, 1.165) is 26.9 Å². The minimum atomic E-state index is -0.216. The molecule has 20 heavy (non-hydrogen) atoms. The van der Waals surface area contributed by atoms with Gasteiger partial charge in [0.15, 0.2) is 0 Å². The second-order valence-electron chi connectivity index (χ2n) is 5.00. The van der Waals surface area contributed by atoms with Crippen LogP contribution in [-0.2, 0) is 6.42 Å². The molecule has 1 aromatic heterocycles. The fraction of sp³-hybridized carbons (Fsp3) is 0.312. The highest BCUT2D eigenvalue weighted by atomic mass is 79.9. The summed E-state index contributed by atoms with van der Waals surface area (Å²) < 4.78 is 14.3. The van der Waals surface area contributed by atoms with Gasteiger partial charge in [-0.1, -0.05) is 22.0 Å². The van der Waals surface area contributed by atoms with Gasteiger partial charge in [0.1, 0.15) is 5.82 Å². The molecule has 1 aromatic carbocycles. The Kier molecular flexibility index (Phi) is 4.89. The summed E-state index contributed by atoms with van der Waals surface area (Å²) in [5, 5.41) is 3.27. The summed E-state index contributed by atoms with van der Waals surface area (Å²) in [6.45, 7) is 4.08. The fourth-order valence-electron chi connectivity index (χ4n) is 2.35. The predicted molar refractivity (Wildman–Crippen MR) is 83.3 cm³/mol. The van der Waals surface area contributed by atoms with Crippen molar-refractivity contribution in [2.45, 2.75) is 26.3 Å². The molecule has 0 saturated heterocycles. The zero-order valence-electron chi connectivity index (χ0n) is 11.9. The Morgan fingerprint density at radius 3 is 2.70 bits per heavy atom. The molecule has 1 atom stereocenters. The lowest BCUT2D eigenvalue weighted by Gasteiger charge is -2.19. The summed E-state index contributed by atoms with van der Waals surface area (Å²) >= 11 is 3.48. The monoisotopic (exact) mass is 336 g/mol. The Hall–Kier alpha value is -1.26. The maximum Gasteiger partial charge on any atom is 0.123 e. The molecular weight excluding hydrogens is 319 g/mol. The predicted octanol–water partition coefficient (Wildman–Crippen LogP) is 4.10. The second-order valence-corrected chi connectivity index (χ2v) is 5.85. The van der Waals surface area contributed by atoms with Crippen LogP contribution in [0, 0.1) is 19.7 Å². The first-order valence-corrected chi connectivity index (χ1v) is 7.35. The number of halogens is 2. The Morgan fingerprint density at radius 1 is 1.30 bits per heavy atom. The van der Waals surface area contributed by atoms with Crippen molar-refractivity contribution in [3.63, 3.8) is 0 Å². The van der Waals surface area contributed by atoms with Gasteiger partial charge in [-0.15, -0.1) is 0 Å². The molecule has 2 rings (SSSR count). The van der Waals surface area contributed by atoms with Crippen LogP contribution in [0.3, 0.4) is 0 Å². The number of hydrogen-bond acceptors (Lipinski definition) is 2. The molecule has 0 fully saturated rings. The van der Waals surface area contributed by atoms with Crippen LogP contribution in [-0.4, -0.2) is 12.0 Å². The van der Waals surface area contributed by atoms with E-state index in [2.05, 4.69) is 39.2 Å². The van der Waals surface area contributed by atoms with Gasteiger partial charge in [0.2, 0.25) is 0 Å². The van der Waals surface area contributed by atoms with Crippen molar-refractivity contribution in [2.75, 3.05) is 7.05 Å². The van der Waals surface area contributed by atoms with E-state index in [1.165, 1.54) is 6.07 Å². The summed E-state index contributed by atoms with van der Waals surface area (Å²) in [5.74, 6) is -0.216. The highest BCUT2D eigenvalue weighted by Crippen LogP contribution is 2.25. The third kappa shape index (κ3) is 3.44. The highest BCUT2D eigenvalue weighted by Gasteiger charge is 2.16. The highest BCUT2D eigenvalue weighted by molar-refractivity contribution is 9.10. The largest absolute Gasteiger partial charge is 0.311 e. The van der Waals surface area contributed by atoms with E-state index in [0.29, 0.717) is 6.42 Å². The normalized spacial score (nSPS) is 12.4. The summed E-state index contributed by atoms with van der Waals surface area (Å²) in [4.78, 5) is 4.53. The van der Waals surface area contributed by atoms with Crippen LogP contribution in [0.5, 0.6) is 0 Å². The van der Waals surface area contributed by atoms with Crippen LogP contribution in [0.25, 0.3) is 0 Å². The molecule has 2 aromatic rings. The van der Waals surface area contributed by atoms with E-state index < -0.39 is 0 Å². The Bertz CT molecular complexity index is 613. The average molecular weight is 337 g/mol. The van der Waals surface area contributed by atoms with Gasteiger partial charge in [-0.2, -0.15) is 0 Å². The summed E-state index contributed by atoms with van der Waals surface area (Å²) in [5.41, 5.74) is 4.24. The van der Waals surface area contributed by atoms with Crippen molar-refractivity contribution in [2.24, 2.45) is 0 Å². The molecule has 0 amide bonds. The molecule has 0 aliphatic carbocycles. The molecule has 0 aliphatic heterocycles. The van der Waals surface area contributed by atoms with Crippen molar-refractivity contribution in [3.8, 4) is 0 Å². The Balaban J connectivity index is 2.31. The molecule has 1 N–H and O–H groups in total. The maximum atomic E-state index is 13.4. The first kappa shape index (κ1) is 15.1. The summed E-state index contributed by atoms with van der Waals surface area (Å²) in [6, 6.07) is 6.95. The molecular formula is C16H18BrFN2. The average Bonchev–Trinajstić information content (AvgIpc) is 2.40. The van der Waals surface area contributed by atoms with Crippen molar-refractivity contribution < 1.29 is 4.39 Å². The third-order valence-corrected chi connectivity index (χ3v) is 4.14. The lowest BCUT2D eigenvalue weighted by molar-refractivity contribution is 0.566. The van der Waals surface area contributed by atoms with Crippen LogP contribution < -0.4 is 5.32 Å². The molecule has 2 nitrogen and oxygen atoms in total. The number of aryl methyl sites for hydroxylation is 2. The summed E-state index contributed by atoms with van der Waals surface area (Å²) in [7, 11) is 1.90. The molecule has 1 heterocycles. The van der Waals surface area contributed by atoms with Gasteiger partial charge >= 0.3 is 0 Å². The van der Waals surface area contributed by atoms with Crippen molar-refractivity contribution in [1.82, 2.24) is 10.3 Å². The number of likely N-dealkylation sites (N-methyl/N-ethyl adjacent to an activating group) is 1. The van der Waals surface area contributed by atoms with Crippen molar-refractivity contribution in [1.29, 1.82) is 0 Å². The van der Waals surface area contributed by atoms with Gasteiger partial charge in [0, 0.05) is 10.7 Å². The zero-order chi connectivity index (χ0) is 14.7. The molecule has 106 valence electrons. The van der Waals surface area contributed by atoms with Gasteiger partial charge < -0.3 is 5.32 Å². The van der Waals surface area contributed by atoms with E-state index in [9.17, 15) is 4.39 Å². The van der Waals surface area contributed by atoms with Gasteiger partial charge in [-0.25, -0.2) is 4.39 Å². The fourth-order valence-corrected chi connectivity index (χ4v) is 2.75. The topological polar surface area (TPSA) is 24.9 Å². The lowest BCUT2D eigenvalue weighted by Crippen LogP contribution is -2.21. The van der Waals surface area contributed by atoms with E-state index in [1.807, 2.05) is 20.2 Å². The van der Waals surface area contributed by atoms with Crippen molar-refractivity contribution in [3.05, 3.63) is 63.1 Å². The van der Waals surface area contributed by atoms with Crippen LogP contribution in [0.1, 0.15) is 28.4 Å². The smallest absolute Gasteiger partial charge is 0.123 e. The number of nitrogens with zero attached hydrogens (tertiary/aromatic N) is 1. The van der Waals surface area contributed by atoms with Gasteiger partial charge in [-0.3, -0.25) is 4.98 Å². The van der Waals surface area contributed by atoms with Crippen LogP contribution in [0.15, 0.2) is 34.9 Å². The van der Waals surface area contributed by atoms with E-state index in [-0.39, 0.29) is 11.9 Å². The van der Waals surface area contributed by atoms with Crippen LogP contribution in [0.4, 0.5) is 4.39 Å². The molecule has 0 saturated carbocycles. The van der Waals surface area contributed by atoms with E-state index in [1.54, 1.807) is 12.1 Å². The van der Waals surface area contributed by atoms with Crippen molar-refractivity contribution >= 4 is 15.9 Å².